The summed E-state index contributed by atoms with van der Waals surface area (Å²) in [4.78, 5) is 10.6. The summed E-state index contributed by atoms with van der Waals surface area (Å²) in [6.45, 7) is 4.29. The van der Waals surface area contributed by atoms with Crippen LogP contribution in [0.1, 0.15) is 39.5 Å². The summed E-state index contributed by atoms with van der Waals surface area (Å²) >= 11 is 2.95. The third-order valence-electron chi connectivity index (χ3n) is 1.72. The van der Waals surface area contributed by atoms with E-state index in [1.54, 1.807) is 0 Å². The molecule has 1 nitrogen and oxygen atoms in total. The van der Waals surface area contributed by atoms with Crippen LogP contribution in [0.2, 0.25) is 0 Å². The van der Waals surface area contributed by atoms with Gasteiger partial charge >= 0.3 is 0 Å². The number of halogens is 1. The number of rotatable bonds is 5. The molecule has 0 aromatic rings. The minimum absolute atomic E-state index is 0.146. The third-order valence-corrected chi connectivity index (χ3v) is 2.05. The van der Waals surface area contributed by atoms with Crippen LogP contribution >= 0.6 is 15.9 Å². The van der Waals surface area contributed by atoms with Crippen LogP contribution in [-0.4, -0.2) is 4.69 Å². The average molecular weight is 207 g/mol. The average Bonchev–Trinajstić information content (AvgIpc) is 1.86. The number of carbonyl (C=O) groups excluding carboxylic acids is 1. The summed E-state index contributed by atoms with van der Waals surface area (Å²) in [6, 6.07) is 0. The molecule has 0 aromatic carbocycles. The molecule has 0 aliphatic heterocycles. The highest BCUT2D eigenvalue weighted by molar-refractivity contribution is 9.18. The molecule has 0 bridgehead atoms. The van der Waals surface area contributed by atoms with E-state index in [9.17, 15) is 4.79 Å². The van der Waals surface area contributed by atoms with Crippen molar-refractivity contribution in [3.8, 4) is 0 Å². The topological polar surface area (TPSA) is 17.1 Å². The monoisotopic (exact) mass is 206 g/mol. The molecular formula is C8H15BrO. The SMILES string of the molecule is CCCC(CC)CC(=O)Br. The lowest BCUT2D eigenvalue weighted by Crippen LogP contribution is -2.01. The van der Waals surface area contributed by atoms with Crippen LogP contribution in [0.4, 0.5) is 0 Å². The van der Waals surface area contributed by atoms with Crippen molar-refractivity contribution in [1.82, 2.24) is 0 Å². The van der Waals surface area contributed by atoms with Crippen LogP contribution < -0.4 is 0 Å². The maximum Gasteiger partial charge on any atom is 0.198 e. The summed E-state index contributed by atoms with van der Waals surface area (Å²) in [7, 11) is 0. The van der Waals surface area contributed by atoms with Gasteiger partial charge in [0.1, 0.15) is 0 Å². The van der Waals surface area contributed by atoms with Gasteiger partial charge in [0.25, 0.3) is 0 Å². The van der Waals surface area contributed by atoms with E-state index in [0.717, 1.165) is 6.42 Å². The molecule has 0 saturated heterocycles. The molecule has 1 atom stereocenters. The van der Waals surface area contributed by atoms with Gasteiger partial charge in [0.05, 0.1) is 0 Å². The van der Waals surface area contributed by atoms with Gasteiger partial charge in [0.2, 0.25) is 0 Å². The number of hydrogen-bond donors (Lipinski definition) is 0. The molecule has 0 N–H and O–H groups in total. The fourth-order valence-corrected chi connectivity index (χ4v) is 1.54. The summed E-state index contributed by atoms with van der Waals surface area (Å²) < 4.78 is 0.146. The molecule has 0 aliphatic carbocycles. The molecule has 1 unspecified atom stereocenters. The normalized spacial score (nSPS) is 13.1. The van der Waals surface area contributed by atoms with Gasteiger partial charge in [-0.3, -0.25) is 4.79 Å². The van der Waals surface area contributed by atoms with Crippen molar-refractivity contribution in [2.45, 2.75) is 39.5 Å². The van der Waals surface area contributed by atoms with Crippen LogP contribution in [0.25, 0.3) is 0 Å². The van der Waals surface area contributed by atoms with Crippen molar-refractivity contribution in [2.24, 2.45) is 5.92 Å². The largest absolute Gasteiger partial charge is 0.287 e. The van der Waals surface area contributed by atoms with E-state index in [1.807, 2.05) is 0 Å². The van der Waals surface area contributed by atoms with Gasteiger partial charge in [-0.2, -0.15) is 0 Å². The highest BCUT2D eigenvalue weighted by atomic mass is 79.9. The van der Waals surface area contributed by atoms with Crippen molar-refractivity contribution >= 4 is 20.6 Å². The second kappa shape index (κ2) is 5.90. The minimum Gasteiger partial charge on any atom is -0.287 e. The third kappa shape index (κ3) is 4.98. The maximum absolute atomic E-state index is 10.6. The van der Waals surface area contributed by atoms with Gasteiger partial charge in [-0.05, 0) is 21.8 Å². The van der Waals surface area contributed by atoms with Crippen LogP contribution in [0, 0.1) is 5.92 Å². The van der Waals surface area contributed by atoms with Crippen LogP contribution in [0.3, 0.4) is 0 Å². The smallest absolute Gasteiger partial charge is 0.198 e. The van der Waals surface area contributed by atoms with Gasteiger partial charge < -0.3 is 0 Å². The second-order valence-electron chi connectivity index (χ2n) is 2.62. The van der Waals surface area contributed by atoms with Crippen molar-refractivity contribution in [3.63, 3.8) is 0 Å². The Labute approximate surface area is 71.3 Å². The van der Waals surface area contributed by atoms with Gasteiger partial charge in [0, 0.05) is 6.42 Å². The summed E-state index contributed by atoms with van der Waals surface area (Å²) in [6.07, 6.45) is 4.17. The zero-order valence-corrected chi connectivity index (χ0v) is 8.28. The van der Waals surface area contributed by atoms with E-state index in [2.05, 4.69) is 29.8 Å². The van der Waals surface area contributed by atoms with Crippen molar-refractivity contribution < 1.29 is 4.79 Å². The summed E-state index contributed by atoms with van der Waals surface area (Å²) in [5.41, 5.74) is 0. The maximum atomic E-state index is 10.6. The highest BCUT2D eigenvalue weighted by Gasteiger charge is 2.07. The second-order valence-corrected chi connectivity index (χ2v) is 3.51. The zero-order chi connectivity index (χ0) is 7.98. The van der Waals surface area contributed by atoms with E-state index in [0.29, 0.717) is 12.3 Å². The van der Waals surface area contributed by atoms with E-state index < -0.39 is 0 Å². The van der Waals surface area contributed by atoms with Crippen molar-refractivity contribution in [3.05, 3.63) is 0 Å². The van der Waals surface area contributed by atoms with Gasteiger partial charge in [-0.15, -0.1) is 0 Å². The Bertz CT molecular complexity index is 101. The van der Waals surface area contributed by atoms with Gasteiger partial charge in [-0.1, -0.05) is 33.1 Å². The summed E-state index contributed by atoms with van der Waals surface area (Å²) in [5, 5.41) is 0. The summed E-state index contributed by atoms with van der Waals surface area (Å²) in [5.74, 6) is 0.594. The Hall–Kier alpha value is 0.150. The lowest BCUT2D eigenvalue weighted by atomic mass is 9.98. The van der Waals surface area contributed by atoms with Crippen molar-refractivity contribution in [1.29, 1.82) is 0 Å². The highest BCUT2D eigenvalue weighted by Crippen LogP contribution is 2.16. The van der Waals surface area contributed by atoms with Gasteiger partial charge in [0.15, 0.2) is 4.69 Å². The van der Waals surface area contributed by atoms with Crippen LogP contribution in [-0.2, 0) is 4.79 Å². The van der Waals surface area contributed by atoms with Crippen LogP contribution in [0.15, 0.2) is 0 Å². The molecule has 0 radical (unpaired) electrons. The Morgan fingerprint density at radius 1 is 1.50 bits per heavy atom. The van der Waals surface area contributed by atoms with Crippen LogP contribution in [0.5, 0.6) is 0 Å². The molecule has 60 valence electrons. The van der Waals surface area contributed by atoms with Gasteiger partial charge in [-0.25, -0.2) is 0 Å². The van der Waals surface area contributed by atoms with E-state index in [-0.39, 0.29) is 4.69 Å². The first kappa shape index (κ1) is 10.2. The standard InChI is InChI=1S/C8H15BrO/c1-3-5-7(4-2)6-8(9)10/h7H,3-6H2,1-2H3. The van der Waals surface area contributed by atoms with Crippen molar-refractivity contribution in [2.75, 3.05) is 0 Å². The quantitative estimate of drug-likeness (QED) is 0.633. The molecule has 0 saturated carbocycles. The predicted octanol–water partition coefficient (Wildman–Crippen LogP) is 3.12. The fraction of sp³-hybridized carbons (Fsp3) is 0.875. The minimum atomic E-state index is 0.146. The molecule has 0 aliphatic rings. The Morgan fingerprint density at radius 3 is 2.40 bits per heavy atom. The Morgan fingerprint density at radius 2 is 2.10 bits per heavy atom. The lowest BCUT2D eigenvalue weighted by molar-refractivity contribution is -0.111. The Balaban J connectivity index is 3.49. The molecule has 0 spiro atoms. The first-order valence-electron chi connectivity index (χ1n) is 3.89. The molecule has 2 heteroatoms. The molecule has 0 amide bonds. The van der Waals surface area contributed by atoms with E-state index in [4.69, 9.17) is 0 Å². The van der Waals surface area contributed by atoms with E-state index in [1.165, 1.54) is 12.8 Å². The molecule has 0 aromatic heterocycles. The molecule has 0 rings (SSSR count). The predicted molar refractivity (Wildman–Crippen MR) is 47.2 cm³/mol. The molecule has 10 heavy (non-hydrogen) atoms. The molecule has 0 heterocycles. The first-order valence-corrected chi connectivity index (χ1v) is 4.68. The van der Waals surface area contributed by atoms with E-state index >= 15 is 0 Å². The Kier molecular flexibility index (Phi) is 5.99. The number of hydrogen-bond acceptors (Lipinski definition) is 1. The molecular weight excluding hydrogens is 192 g/mol. The lowest BCUT2D eigenvalue weighted by Gasteiger charge is -2.09. The number of carbonyl (C=O) groups is 1. The first-order chi connectivity index (χ1) is 4.70. The fourth-order valence-electron chi connectivity index (χ4n) is 1.09. The zero-order valence-electron chi connectivity index (χ0n) is 6.69. The molecule has 0 fully saturated rings.